The second-order valence-electron chi connectivity index (χ2n) is 5.68. The number of benzene rings is 1. The average molecular weight is 324 g/mol. The minimum atomic E-state index is 0.0271. The second kappa shape index (κ2) is 7.01. The molecule has 0 bridgehead atoms. The third-order valence-electron chi connectivity index (χ3n) is 3.93. The van der Waals surface area contributed by atoms with Crippen molar-refractivity contribution in [2.24, 2.45) is 0 Å². The summed E-state index contributed by atoms with van der Waals surface area (Å²) in [6.07, 6.45) is 0. The van der Waals surface area contributed by atoms with Gasteiger partial charge in [0.25, 0.3) is 0 Å². The van der Waals surface area contributed by atoms with Gasteiger partial charge < -0.3 is 15.1 Å². The van der Waals surface area contributed by atoms with Gasteiger partial charge in [-0.25, -0.2) is 0 Å². The summed E-state index contributed by atoms with van der Waals surface area (Å²) in [4.78, 5) is 27.1. The SMILES string of the molecule is CC(=O)N1CCN(C(=O)CNc2c(C)cc(C)cc2Cl)CC1. The highest BCUT2D eigenvalue weighted by molar-refractivity contribution is 6.33. The van der Waals surface area contributed by atoms with E-state index in [1.165, 1.54) is 0 Å². The summed E-state index contributed by atoms with van der Waals surface area (Å²) >= 11 is 6.23. The Morgan fingerprint density at radius 2 is 1.73 bits per heavy atom. The van der Waals surface area contributed by atoms with Crippen LogP contribution in [-0.2, 0) is 9.59 Å². The standard InChI is InChI=1S/C16H22ClN3O2/c1-11-8-12(2)16(14(17)9-11)18-10-15(22)20-6-4-19(5-7-20)13(3)21/h8-9,18H,4-7,10H2,1-3H3. The second-order valence-corrected chi connectivity index (χ2v) is 6.09. The van der Waals surface area contributed by atoms with Crippen LogP contribution in [0.2, 0.25) is 5.02 Å². The van der Waals surface area contributed by atoms with Gasteiger partial charge in [-0.3, -0.25) is 9.59 Å². The first-order valence-corrected chi connectivity index (χ1v) is 7.80. The molecule has 1 aliphatic rings. The van der Waals surface area contributed by atoms with Crippen molar-refractivity contribution in [3.05, 3.63) is 28.3 Å². The summed E-state index contributed by atoms with van der Waals surface area (Å²) in [6.45, 7) is 8.10. The molecule has 0 aliphatic carbocycles. The Morgan fingerprint density at radius 1 is 1.14 bits per heavy atom. The quantitative estimate of drug-likeness (QED) is 0.926. The minimum absolute atomic E-state index is 0.0271. The van der Waals surface area contributed by atoms with E-state index in [2.05, 4.69) is 5.32 Å². The molecule has 5 nitrogen and oxygen atoms in total. The van der Waals surface area contributed by atoms with Crippen molar-refractivity contribution < 1.29 is 9.59 Å². The molecule has 0 saturated carbocycles. The van der Waals surface area contributed by atoms with Crippen LogP contribution in [-0.4, -0.2) is 54.3 Å². The number of nitrogens with one attached hydrogen (secondary N) is 1. The number of aryl methyl sites for hydroxylation is 2. The summed E-state index contributed by atoms with van der Waals surface area (Å²) in [5.74, 6) is 0.0894. The van der Waals surface area contributed by atoms with E-state index < -0.39 is 0 Å². The predicted octanol–water partition coefficient (Wildman–Crippen LogP) is 2.06. The Labute approximate surface area is 136 Å². The molecule has 1 heterocycles. The zero-order valence-electron chi connectivity index (χ0n) is 13.3. The summed E-state index contributed by atoms with van der Waals surface area (Å²) in [7, 11) is 0. The summed E-state index contributed by atoms with van der Waals surface area (Å²) in [5, 5.41) is 3.77. The van der Waals surface area contributed by atoms with Crippen molar-refractivity contribution in [3.8, 4) is 0 Å². The third kappa shape index (κ3) is 3.91. The molecule has 22 heavy (non-hydrogen) atoms. The molecule has 0 spiro atoms. The monoisotopic (exact) mass is 323 g/mol. The molecule has 0 radical (unpaired) electrons. The topological polar surface area (TPSA) is 52.7 Å². The van der Waals surface area contributed by atoms with Crippen LogP contribution in [0.5, 0.6) is 0 Å². The van der Waals surface area contributed by atoms with Gasteiger partial charge in [-0.1, -0.05) is 17.7 Å². The number of carbonyl (C=O) groups excluding carboxylic acids is 2. The van der Waals surface area contributed by atoms with Gasteiger partial charge in [0.15, 0.2) is 0 Å². The molecule has 1 aromatic rings. The van der Waals surface area contributed by atoms with Gasteiger partial charge in [-0.15, -0.1) is 0 Å². The van der Waals surface area contributed by atoms with E-state index in [9.17, 15) is 9.59 Å². The first-order valence-electron chi connectivity index (χ1n) is 7.42. The predicted molar refractivity (Wildman–Crippen MR) is 88.2 cm³/mol. The van der Waals surface area contributed by atoms with Crippen LogP contribution >= 0.6 is 11.6 Å². The molecule has 0 atom stereocenters. The van der Waals surface area contributed by atoms with Crippen LogP contribution in [0.1, 0.15) is 18.1 Å². The maximum atomic E-state index is 12.3. The van der Waals surface area contributed by atoms with Crippen LogP contribution < -0.4 is 5.32 Å². The zero-order chi connectivity index (χ0) is 16.3. The van der Waals surface area contributed by atoms with E-state index in [0.29, 0.717) is 31.2 Å². The Morgan fingerprint density at radius 3 is 2.27 bits per heavy atom. The fraction of sp³-hybridized carbons (Fsp3) is 0.500. The lowest BCUT2D eigenvalue weighted by Crippen LogP contribution is -2.51. The van der Waals surface area contributed by atoms with Gasteiger partial charge in [-0.05, 0) is 31.0 Å². The van der Waals surface area contributed by atoms with Crippen LogP contribution in [0.15, 0.2) is 12.1 Å². The lowest BCUT2D eigenvalue weighted by atomic mass is 10.1. The van der Waals surface area contributed by atoms with Gasteiger partial charge in [0.1, 0.15) is 0 Å². The Bertz CT molecular complexity index is 558. The molecule has 6 heteroatoms. The number of rotatable bonds is 3. The van der Waals surface area contributed by atoms with E-state index in [0.717, 1.165) is 16.8 Å². The van der Waals surface area contributed by atoms with Crippen molar-refractivity contribution in [3.63, 3.8) is 0 Å². The highest BCUT2D eigenvalue weighted by atomic mass is 35.5. The summed E-state index contributed by atoms with van der Waals surface area (Å²) in [6, 6.07) is 3.91. The van der Waals surface area contributed by atoms with E-state index in [1.807, 2.05) is 26.0 Å². The van der Waals surface area contributed by atoms with Gasteiger partial charge in [-0.2, -0.15) is 0 Å². The van der Waals surface area contributed by atoms with Crippen molar-refractivity contribution in [2.75, 3.05) is 38.0 Å². The number of piperazine rings is 1. The molecule has 0 aromatic heterocycles. The fourth-order valence-corrected chi connectivity index (χ4v) is 3.07. The summed E-state index contributed by atoms with van der Waals surface area (Å²) < 4.78 is 0. The van der Waals surface area contributed by atoms with Crippen molar-refractivity contribution in [1.29, 1.82) is 0 Å². The van der Waals surface area contributed by atoms with Gasteiger partial charge >= 0.3 is 0 Å². The number of anilines is 1. The highest BCUT2D eigenvalue weighted by Gasteiger charge is 2.22. The number of amides is 2. The first-order chi connectivity index (χ1) is 10.4. The van der Waals surface area contributed by atoms with E-state index >= 15 is 0 Å². The minimum Gasteiger partial charge on any atom is -0.375 e. The van der Waals surface area contributed by atoms with Crippen LogP contribution in [0, 0.1) is 13.8 Å². The van der Waals surface area contributed by atoms with Crippen LogP contribution in [0.25, 0.3) is 0 Å². The number of carbonyl (C=O) groups is 2. The average Bonchev–Trinajstić information content (AvgIpc) is 2.46. The largest absolute Gasteiger partial charge is 0.375 e. The lowest BCUT2D eigenvalue weighted by molar-refractivity contribution is -0.137. The van der Waals surface area contributed by atoms with Crippen molar-refractivity contribution in [2.45, 2.75) is 20.8 Å². The van der Waals surface area contributed by atoms with E-state index in [-0.39, 0.29) is 18.4 Å². The molecule has 1 saturated heterocycles. The molecule has 1 aromatic carbocycles. The van der Waals surface area contributed by atoms with Gasteiger partial charge in [0.2, 0.25) is 11.8 Å². The molecular weight excluding hydrogens is 302 g/mol. The maximum absolute atomic E-state index is 12.3. The number of hydrogen-bond acceptors (Lipinski definition) is 3. The fourth-order valence-electron chi connectivity index (χ4n) is 2.69. The Hall–Kier alpha value is -1.75. The maximum Gasteiger partial charge on any atom is 0.241 e. The van der Waals surface area contributed by atoms with Gasteiger partial charge in [0, 0.05) is 33.1 Å². The zero-order valence-corrected chi connectivity index (χ0v) is 14.0. The number of hydrogen-bond donors (Lipinski definition) is 1. The lowest BCUT2D eigenvalue weighted by Gasteiger charge is -2.34. The van der Waals surface area contributed by atoms with Crippen molar-refractivity contribution in [1.82, 2.24) is 9.80 Å². The molecule has 1 fully saturated rings. The first kappa shape index (κ1) is 16.6. The third-order valence-corrected chi connectivity index (χ3v) is 4.22. The van der Waals surface area contributed by atoms with E-state index in [4.69, 9.17) is 11.6 Å². The number of halogens is 1. The highest BCUT2D eigenvalue weighted by Crippen LogP contribution is 2.27. The Balaban J connectivity index is 1.90. The summed E-state index contributed by atoms with van der Waals surface area (Å²) in [5.41, 5.74) is 2.93. The number of nitrogens with zero attached hydrogens (tertiary/aromatic N) is 2. The molecule has 2 amide bonds. The molecule has 120 valence electrons. The molecule has 1 N–H and O–H groups in total. The van der Waals surface area contributed by atoms with Gasteiger partial charge in [0.05, 0.1) is 17.3 Å². The van der Waals surface area contributed by atoms with Crippen LogP contribution in [0.3, 0.4) is 0 Å². The molecule has 2 rings (SSSR count). The van der Waals surface area contributed by atoms with E-state index in [1.54, 1.807) is 16.7 Å². The van der Waals surface area contributed by atoms with Crippen molar-refractivity contribution >= 4 is 29.1 Å². The normalized spacial score (nSPS) is 14.9. The molecular formula is C16H22ClN3O2. The molecule has 0 unspecified atom stereocenters. The Kier molecular flexibility index (Phi) is 5.29. The van der Waals surface area contributed by atoms with Crippen LogP contribution in [0.4, 0.5) is 5.69 Å². The molecule has 1 aliphatic heterocycles. The smallest absolute Gasteiger partial charge is 0.241 e.